The fourth-order valence-corrected chi connectivity index (χ4v) is 2.89. The second-order valence-corrected chi connectivity index (χ2v) is 6.49. The van der Waals surface area contributed by atoms with Gasteiger partial charge in [-0.25, -0.2) is 0 Å². The average molecular weight is 509 g/mol. The van der Waals surface area contributed by atoms with E-state index in [9.17, 15) is 0 Å². The molecule has 0 aliphatic heterocycles. The molecule has 0 atom stereocenters. The zero-order valence-corrected chi connectivity index (χ0v) is 18.4. The molecule has 0 unspecified atom stereocenters. The van der Waals surface area contributed by atoms with Crippen LogP contribution in [0.25, 0.3) is 0 Å². The van der Waals surface area contributed by atoms with Crippen LogP contribution < -0.4 is 5.32 Å². The monoisotopic (exact) mass is 508 g/mol. The number of hydrogen-bond donors (Lipinski definition) is 1. The summed E-state index contributed by atoms with van der Waals surface area (Å²) in [5, 5.41) is 3.43. The van der Waals surface area contributed by atoms with E-state index in [0.717, 1.165) is 48.7 Å². The third-order valence-electron chi connectivity index (χ3n) is 3.56. The van der Waals surface area contributed by atoms with Crippen molar-refractivity contribution < 1.29 is 4.42 Å². The van der Waals surface area contributed by atoms with Crippen LogP contribution in [-0.2, 0) is 20.0 Å². The van der Waals surface area contributed by atoms with Crippen molar-refractivity contribution in [3.63, 3.8) is 0 Å². The summed E-state index contributed by atoms with van der Waals surface area (Å²) in [5.41, 5.74) is 1.23. The van der Waals surface area contributed by atoms with Crippen LogP contribution in [0.1, 0.15) is 24.8 Å². The fraction of sp³-hybridized carbons (Fsp3) is 0.471. The van der Waals surface area contributed by atoms with Crippen LogP contribution in [0.5, 0.6) is 0 Å². The van der Waals surface area contributed by atoms with Gasteiger partial charge in [0, 0.05) is 50.0 Å². The lowest BCUT2D eigenvalue weighted by Gasteiger charge is -2.22. The second kappa shape index (κ2) is 10.8. The van der Waals surface area contributed by atoms with Gasteiger partial charge in [-0.2, -0.15) is 0 Å². The van der Waals surface area contributed by atoms with E-state index in [2.05, 4.69) is 69.0 Å². The van der Waals surface area contributed by atoms with Crippen molar-refractivity contribution >= 4 is 45.9 Å². The van der Waals surface area contributed by atoms with E-state index in [0.29, 0.717) is 0 Å². The fourth-order valence-electron chi connectivity index (χ4n) is 2.32. The molecule has 0 aliphatic rings. The maximum Gasteiger partial charge on any atom is 0.194 e. The summed E-state index contributed by atoms with van der Waals surface area (Å²) in [5.74, 6) is 1.91. The van der Waals surface area contributed by atoms with E-state index in [1.165, 1.54) is 5.69 Å². The molecule has 0 saturated carbocycles. The van der Waals surface area contributed by atoms with Gasteiger partial charge in [-0.3, -0.25) is 4.99 Å². The highest BCUT2D eigenvalue weighted by atomic mass is 127. The Kier molecular flexibility index (Phi) is 9.50. The molecule has 0 fully saturated rings. The summed E-state index contributed by atoms with van der Waals surface area (Å²) in [6.45, 7) is 4.57. The van der Waals surface area contributed by atoms with Gasteiger partial charge in [0.2, 0.25) is 0 Å². The molecule has 24 heavy (non-hydrogen) atoms. The molecule has 0 spiro atoms. The number of halogens is 2. The summed E-state index contributed by atoms with van der Waals surface area (Å²) in [6.07, 6.45) is 5.66. The van der Waals surface area contributed by atoms with Crippen LogP contribution in [0.3, 0.4) is 0 Å². The summed E-state index contributed by atoms with van der Waals surface area (Å²) in [7, 11) is 4.12. The number of aryl methyl sites for hydroxylation is 1. The molecule has 1 N–H and O–H groups in total. The third-order valence-corrected chi connectivity index (χ3v) is 3.99. The predicted molar refractivity (Wildman–Crippen MR) is 113 cm³/mol. The Morgan fingerprint density at radius 3 is 2.83 bits per heavy atom. The SMILES string of the molecule is CCCN=C(NCCc1ccco1)N(C)Cc1cc(Br)cn1C.I. The van der Waals surface area contributed by atoms with Crippen molar-refractivity contribution in [1.82, 2.24) is 14.8 Å². The third kappa shape index (κ3) is 6.51. The van der Waals surface area contributed by atoms with Crippen LogP contribution in [0, 0.1) is 0 Å². The van der Waals surface area contributed by atoms with Gasteiger partial charge in [-0.05, 0) is 40.5 Å². The van der Waals surface area contributed by atoms with Gasteiger partial charge >= 0.3 is 0 Å². The van der Waals surface area contributed by atoms with Crippen LogP contribution in [-0.4, -0.2) is 35.6 Å². The van der Waals surface area contributed by atoms with Gasteiger partial charge in [-0.15, -0.1) is 24.0 Å². The van der Waals surface area contributed by atoms with Crippen molar-refractivity contribution in [3.8, 4) is 0 Å². The van der Waals surface area contributed by atoms with Gasteiger partial charge in [0.15, 0.2) is 5.96 Å². The number of nitrogens with zero attached hydrogens (tertiary/aromatic N) is 3. The topological polar surface area (TPSA) is 45.7 Å². The Labute approximate surface area is 169 Å². The number of aliphatic imine (C=N–C) groups is 1. The average Bonchev–Trinajstić information content (AvgIpc) is 3.12. The van der Waals surface area contributed by atoms with Gasteiger partial charge in [0.1, 0.15) is 5.76 Å². The highest BCUT2D eigenvalue weighted by molar-refractivity contribution is 14.0. The number of guanidine groups is 1. The predicted octanol–water partition coefficient (Wildman–Crippen LogP) is 4.03. The molecule has 2 aromatic rings. The molecule has 134 valence electrons. The molecule has 0 amide bonds. The van der Waals surface area contributed by atoms with Crippen molar-refractivity contribution in [2.24, 2.45) is 12.0 Å². The molecule has 7 heteroatoms. The lowest BCUT2D eigenvalue weighted by Crippen LogP contribution is -2.40. The Bertz CT molecular complexity index is 625. The zero-order valence-electron chi connectivity index (χ0n) is 14.5. The first kappa shape index (κ1) is 21.1. The van der Waals surface area contributed by atoms with E-state index in [-0.39, 0.29) is 24.0 Å². The molecule has 5 nitrogen and oxygen atoms in total. The highest BCUT2D eigenvalue weighted by Crippen LogP contribution is 2.15. The van der Waals surface area contributed by atoms with E-state index in [4.69, 9.17) is 4.42 Å². The molecule has 0 radical (unpaired) electrons. The van der Waals surface area contributed by atoms with Crippen LogP contribution in [0.4, 0.5) is 0 Å². The van der Waals surface area contributed by atoms with Gasteiger partial charge in [0.05, 0.1) is 12.8 Å². The van der Waals surface area contributed by atoms with Crippen molar-refractivity contribution in [2.75, 3.05) is 20.1 Å². The first-order valence-corrected chi connectivity index (χ1v) is 8.72. The van der Waals surface area contributed by atoms with Gasteiger partial charge in [0.25, 0.3) is 0 Å². The normalized spacial score (nSPS) is 11.2. The van der Waals surface area contributed by atoms with Gasteiger partial charge < -0.3 is 19.2 Å². The standard InChI is InChI=1S/C17H25BrN4O.HI/c1-4-8-19-17(20-9-7-16-6-5-10-23-16)22(3)13-15-11-14(18)12-21(15)2;/h5-6,10-12H,4,7-9,13H2,1-3H3,(H,19,20);1H. The highest BCUT2D eigenvalue weighted by Gasteiger charge is 2.10. The maximum absolute atomic E-state index is 5.37. The minimum Gasteiger partial charge on any atom is -0.469 e. The molecule has 0 saturated heterocycles. The lowest BCUT2D eigenvalue weighted by molar-refractivity contribution is 0.456. The summed E-state index contributed by atoms with van der Waals surface area (Å²) < 4.78 is 8.59. The Morgan fingerprint density at radius 2 is 2.25 bits per heavy atom. The smallest absolute Gasteiger partial charge is 0.194 e. The number of hydrogen-bond acceptors (Lipinski definition) is 2. The van der Waals surface area contributed by atoms with Gasteiger partial charge in [-0.1, -0.05) is 6.92 Å². The first-order chi connectivity index (χ1) is 11.1. The van der Waals surface area contributed by atoms with Crippen LogP contribution >= 0.6 is 39.9 Å². The van der Waals surface area contributed by atoms with Crippen molar-refractivity contribution in [3.05, 3.63) is 46.6 Å². The Hall–Kier alpha value is -0.960. The van der Waals surface area contributed by atoms with E-state index >= 15 is 0 Å². The van der Waals surface area contributed by atoms with Crippen molar-refractivity contribution in [2.45, 2.75) is 26.3 Å². The molecule has 2 rings (SSSR count). The minimum atomic E-state index is 0. The van der Waals surface area contributed by atoms with E-state index in [1.807, 2.05) is 12.1 Å². The number of aromatic nitrogens is 1. The number of furan rings is 1. The lowest BCUT2D eigenvalue weighted by atomic mass is 10.3. The summed E-state index contributed by atoms with van der Waals surface area (Å²) in [6, 6.07) is 6.05. The minimum absolute atomic E-state index is 0. The van der Waals surface area contributed by atoms with Crippen LogP contribution in [0.2, 0.25) is 0 Å². The summed E-state index contributed by atoms with van der Waals surface area (Å²) >= 11 is 3.52. The summed E-state index contributed by atoms with van der Waals surface area (Å²) in [4.78, 5) is 6.83. The molecule has 0 aromatic carbocycles. The molecule has 2 heterocycles. The largest absolute Gasteiger partial charge is 0.469 e. The van der Waals surface area contributed by atoms with E-state index in [1.54, 1.807) is 6.26 Å². The van der Waals surface area contributed by atoms with Crippen LogP contribution in [0.15, 0.2) is 44.5 Å². The number of rotatable bonds is 7. The second-order valence-electron chi connectivity index (χ2n) is 5.58. The molecule has 0 bridgehead atoms. The Morgan fingerprint density at radius 1 is 1.46 bits per heavy atom. The maximum atomic E-state index is 5.37. The first-order valence-electron chi connectivity index (χ1n) is 7.92. The number of nitrogens with one attached hydrogen (secondary N) is 1. The van der Waals surface area contributed by atoms with Crippen molar-refractivity contribution in [1.29, 1.82) is 0 Å². The molecular formula is C17H26BrIN4O. The zero-order chi connectivity index (χ0) is 16.7. The quantitative estimate of drug-likeness (QED) is 0.349. The molecular weight excluding hydrogens is 483 g/mol. The molecule has 2 aromatic heterocycles. The van der Waals surface area contributed by atoms with E-state index < -0.39 is 0 Å². The Balaban J connectivity index is 0.00000288. The molecule has 0 aliphatic carbocycles.